The minimum atomic E-state index is -0.269. The lowest BCUT2D eigenvalue weighted by Gasteiger charge is -1.83. The SMILES string of the molecule is [CH2+]CC(=O)OC. The Hall–Kier alpha value is -0.660. The van der Waals surface area contributed by atoms with Gasteiger partial charge >= 0.3 is 5.97 Å². The maximum absolute atomic E-state index is 9.90. The van der Waals surface area contributed by atoms with Crippen molar-refractivity contribution in [2.75, 3.05) is 7.11 Å². The lowest BCUT2D eigenvalue weighted by Crippen LogP contribution is -1.95. The molecule has 0 fully saturated rings. The monoisotopic (exact) mass is 87.0 g/mol. The number of methoxy groups -OCH3 is 1. The van der Waals surface area contributed by atoms with Crippen molar-refractivity contribution in [1.82, 2.24) is 0 Å². The van der Waals surface area contributed by atoms with Gasteiger partial charge in [-0.15, -0.1) is 0 Å². The molecule has 0 aromatic heterocycles. The van der Waals surface area contributed by atoms with E-state index in [0.29, 0.717) is 0 Å². The first-order valence-corrected chi connectivity index (χ1v) is 1.67. The van der Waals surface area contributed by atoms with E-state index in [2.05, 4.69) is 11.7 Å². The molecule has 0 atom stereocenters. The third-order valence-electron chi connectivity index (χ3n) is 0.432. The molecule has 0 unspecified atom stereocenters. The number of rotatable bonds is 1. The van der Waals surface area contributed by atoms with E-state index in [1.54, 1.807) is 0 Å². The van der Waals surface area contributed by atoms with Gasteiger partial charge in [0, 0.05) is 0 Å². The van der Waals surface area contributed by atoms with Gasteiger partial charge in [-0.05, 0) is 0 Å². The predicted molar refractivity (Wildman–Crippen MR) is 22.0 cm³/mol. The average molecular weight is 87.1 g/mol. The van der Waals surface area contributed by atoms with Crippen LogP contribution in [-0.4, -0.2) is 13.1 Å². The second-order valence-corrected chi connectivity index (χ2v) is 0.826. The van der Waals surface area contributed by atoms with Crippen molar-refractivity contribution in [1.29, 1.82) is 0 Å². The number of hydrogen-bond acceptors (Lipinski definition) is 2. The van der Waals surface area contributed by atoms with Crippen molar-refractivity contribution < 1.29 is 9.53 Å². The Morgan fingerprint density at radius 2 is 2.50 bits per heavy atom. The number of ether oxygens (including phenoxy) is 1. The van der Waals surface area contributed by atoms with Crippen molar-refractivity contribution in [3.63, 3.8) is 0 Å². The molecular weight excluding hydrogens is 80.0 g/mol. The summed E-state index contributed by atoms with van der Waals surface area (Å²) in [6.45, 7) is 3.28. The maximum atomic E-state index is 9.90. The summed E-state index contributed by atoms with van der Waals surface area (Å²) in [5.41, 5.74) is 0. The van der Waals surface area contributed by atoms with E-state index in [4.69, 9.17) is 0 Å². The molecule has 34 valence electrons. The summed E-state index contributed by atoms with van der Waals surface area (Å²) in [5.74, 6) is -0.269. The standard InChI is InChI=1S/C4H7O2/c1-3-4(5)6-2/h1,3H2,2H3/q+1. The van der Waals surface area contributed by atoms with Crippen LogP contribution in [0.2, 0.25) is 0 Å². The number of carbonyl (C=O) groups excluding carboxylic acids is 1. The van der Waals surface area contributed by atoms with Gasteiger partial charge in [0.05, 0.1) is 14.0 Å². The molecule has 0 radical (unpaired) electrons. The van der Waals surface area contributed by atoms with Crippen molar-refractivity contribution in [2.24, 2.45) is 0 Å². The quantitative estimate of drug-likeness (QED) is 0.341. The van der Waals surface area contributed by atoms with Crippen LogP contribution in [0.1, 0.15) is 6.42 Å². The molecule has 0 heterocycles. The highest BCUT2D eigenvalue weighted by atomic mass is 16.5. The second-order valence-electron chi connectivity index (χ2n) is 0.826. The molecule has 0 rings (SSSR count). The minimum Gasteiger partial charge on any atom is -0.466 e. The molecule has 0 N–H and O–H groups in total. The van der Waals surface area contributed by atoms with Gasteiger partial charge in [0.1, 0.15) is 0 Å². The van der Waals surface area contributed by atoms with Gasteiger partial charge in [-0.3, -0.25) is 0 Å². The van der Waals surface area contributed by atoms with Crippen LogP contribution in [0.5, 0.6) is 0 Å². The summed E-state index contributed by atoms with van der Waals surface area (Å²) in [5, 5.41) is 0. The topological polar surface area (TPSA) is 26.3 Å². The van der Waals surface area contributed by atoms with Gasteiger partial charge in [0.15, 0.2) is 6.42 Å². The molecule has 0 aliphatic heterocycles. The van der Waals surface area contributed by atoms with Gasteiger partial charge in [0.25, 0.3) is 0 Å². The summed E-state index contributed by atoms with van der Waals surface area (Å²) in [6.07, 6.45) is 0.219. The van der Waals surface area contributed by atoms with Crippen molar-refractivity contribution >= 4 is 5.97 Å². The average Bonchev–Trinajstić information content (AvgIpc) is 1.65. The highest BCUT2D eigenvalue weighted by Crippen LogP contribution is 1.75. The fourth-order valence-corrected chi connectivity index (χ4v) is 0.102. The molecule has 0 saturated carbocycles. The summed E-state index contributed by atoms with van der Waals surface area (Å²) in [7, 11) is 1.34. The molecule has 0 amide bonds. The summed E-state index contributed by atoms with van der Waals surface area (Å²) in [6, 6.07) is 0. The fraction of sp³-hybridized carbons (Fsp3) is 0.500. The van der Waals surface area contributed by atoms with Crippen LogP contribution in [0.3, 0.4) is 0 Å². The second kappa shape index (κ2) is 2.57. The van der Waals surface area contributed by atoms with Gasteiger partial charge in [0.2, 0.25) is 0 Å². The zero-order chi connectivity index (χ0) is 4.99. The highest BCUT2D eigenvalue weighted by Gasteiger charge is 1.94. The predicted octanol–water partition coefficient (Wildman–Crippen LogP) is 0.384. The Balaban J connectivity index is 2.99. The molecule has 0 aromatic rings. The van der Waals surface area contributed by atoms with Crippen LogP contribution in [0, 0.1) is 6.92 Å². The Morgan fingerprint density at radius 1 is 2.00 bits per heavy atom. The lowest BCUT2D eigenvalue weighted by molar-refractivity contribution is -0.139. The molecule has 0 bridgehead atoms. The third kappa shape index (κ3) is 1.64. The van der Waals surface area contributed by atoms with E-state index in [1.165, 1.54) is 7.11 Å². The van der Waals surface area contributed by atoms with Gasteiger partial charge in [-0.1, -0.05) is 0 Å². The first-order chi connectivity index (χ1) is 2.81. The molecule has 0 aliphatic carbocycles. The van der Waals surface area contributed by atoms with Gasteiger partial charge < -0.3 is 4.74 Å². The van der Waals surface area contributed by atoms with E-state index in [1.807, 2.05) is 0 Å². The lowest BCUT2D eigenvalue weighted by atomic mass is 10.5. The molecule has 6 heavy (non-hydrogen) atoms. The molecule has 2 nitrogen and oxygen atoms in total. The summed E-state index contributed by atoms with van der Waals surface area (Å²) in [4.78, 5) is 9.90. The van der Waals surface area contributed by atoms with Crippen LogP contribution >= 0.6 is 0 Å². The van der Waals surface area contributed by atoms with Crippen LogP contribution in [0.4, 0.5) is 0 Å². The van der Waals surface area contributed by atoms with E-state index >= 15 is 0 Å². The number of carbonyl (C=O) groups is 1. The fourth-order valence-electron chi connectivity index (χ4n) is 0.102. The van der Waals surface area contributed by atoms with Crippen LogP contribution in [0.25, 0.3) is 0 Å². The Morgan fingerprint density at radius 3 is 2.50 bits per heavy atom. The van der Waals surface area contributed by atoms with Crippen molar-refractivity contribution in [2.45, 2.75) is 6.42 Å². The summed E-state index contributed by atoms with van der Waals surface area (Å²) >= 11 is 0. The zero-order valence-electron chi connectivity index (χ0n) is 3.73. The Labute approximate surface area is 37.1 Å². The zero-order valence-corrected chi connectivity index (χ0v) is 3.73. The first-order valence-electron chi connectivity index (χ1n) is 1.67. The third-order valence-corrected chi connectivity index (χ3v) is 0.432. The van der Waals surface area contributed by atoms with Gasteiger partial charge in [-0.2, -0.15) is 0 Å². The number of hydrogen-bond donors (Lipinski definition) is 0. The van der Waals surface area contributed by atoms with Gasteiger partial charge in [-0.25, -0.2) is 4.79 Å². The van der Waals surface area contributed by atoms with Crippen LogP contribution in [-0.2, 0) is 9.53 Å². The normalized spacial score (nSPS) is 7.50. The van der Waals surface area contributed by atoms with E-state index in [0.717, 1.165) is 0 Å². The van der Waals surface area contributed by atoms with E-state index < -0.39 is 0 Å². The van der Waals surface area contributed by atoms with Crippen molar-refractivity contribution in [3.05, 3.63) is 6.92 Å². The molecule has 0 aliphatic rings. The maximum Gasteiger partial charge on any atom is 0.350 e. The van der Waals surface area contributed by atoms with E-state index in [-0.39, 0.29) is 12.4 Å². The molecule has 0 aromatic carbocycles. The number of esters is 1. The largest absolute Gasteiger partial charge is 0.466 e. The minimum absolute atomic E-state index is 0.219. The van der Waals surface area contributed by atoms with Crippen LogP contribution in [0.15, 0.2) is 0 Å². The molecule has 2 heteroatoms. The van der Waals surface area contributed by atoms with Crippen molar-refractivity contribution in [3.8, 4) is 0 Å². The van der Waals surface area contributed by atoms with Crippen LogP contribution < -0.4 is 0 Å². The van der Waals surface area contributed by atoms with E-state index in [9.17, 15) is 4.79 Å². The molecular formula is C4H7O2+. The highest BCUT2D eigenvalue weighted by molar-refractivity contribution is 5.69. The molecule has 0 saturated heterocycles. The smallest absolute Gasteiger partial charge is 0.350 e. The summed E-state index contributed by atoms with van der Waals surface area (Å²) < 4.78 is 4.20. The first kappa shape index (κ1) is 5.34. The Bertz CT molecular complexity index is 43.5. The molecule has 0 spiro atoms. The Kier molecular flexibility index (Phi) is 2.29.